The van der Waals surface area contributed by atoms with Gasteiger partial charge in [-0.05, 0) is 55.1 Å². The van der Waals surface area contributed by atoms with Crippen LogP contribution in [-0.2, 0) is 4.79 Å². The second-order valence-electron chi connectivity index (χ2n) is 7.05. The van der Waals surface area contributed by atoms with E-state index < -0.39 is 0 Å². The van der Waals surface area contributed by atoms with Crippen LogP contribution < -0.4 is 11.1 Å². The number of carbonyl (C=O) groups excluding carboxylic acids is 1. The quantitative estimate of drug-likeness (QED) is 0.845. The zero-order chi connectivity index (χ0) is 17.8. The number of carbonyl (C=O) groups is 1. The molecule has 1 aliphatic rings. The molecule has 140 valence electrons. The Morgan fingerprint density at radius 1 is 1.12 bits per heavy atom. The molecule has 1 saturated heterocycles. The number of likely N-dealkylation sites (tertiary alicyclic amines) is 1. The smallest absolute Gasteiger partial charge is 0.238 e. The Bertz CT molecular complexity index is 735. The number of benzene rings is 2. The number of amides is 1. The maximum absolute atomic E-state index is 12.4. The van der Waals surface area contributed by atoms with Gasteiger partial charge in [-0.3, -0.25) is 9.69 Å². The molecule has 26 heavy (non-hydrogen) atoms. The Balaban J connectivity index is 0.00000243. The van der Waals surface area contributed by atoms with Gasteiger partial charge in [0.2, 0.25) is 5.91 Å². The van der Waals surface area contributed by atoms with Gasteiger partial charge in [0.05, 0.1) is 6.54 Å². The molecule has 0 saturated carbocycles. The summed E-state index contributed by atoms with van der Waals surface area (Å²) < 4.78 is 0. The van der Waals surface area contributed by atoms with Crippen molar-refractivity contribution in [1.29, 1.82) is 0 Å². The molecule has 1 fully saturated rings. The summed E-state index contributed by atoms with van der Waals surface area (Å²) in [7, 11) is 0. The molecule has 1 heterocycles. The Morgan fingerprint density at radius 2 is 1.85 bits per heavy atom. The van der Waals surface area contributed by atoms with Crippen molar-refractivity contribution in [2.75, 3.05) is 31.5 Å². The highest BCUT2D eigenvalue weighted by Gasteiger charge is 2.33. The van der Waals surface area contributed by atoms with Crippen LogP contribution in [0.4, 0.5) is 5.69 Å². The minimum absolute atomic E-state index is 0. The van der Waals surface area contributed by atoms with Crippen LogP contribution in [0.5, 0.6) is 0 Å². The number of nitrogens with one attached hydrogen (secondary N) is 1. The van der Waals surface area contributed by atoms with Crippen molar-refractivity contribution in [3.8, 4) is 0 Å². The standard InChI is InChI=1S/C21H27N3O.ClH/c1-15-8-9-19(10-16(15)2)23-21(25)14-24-12-18(11-22)20(13-24)17-6-4-3-5-7-17;/h3-10,18,20H,11-14,22H2,1-2H3,(H,23,25);1H/t18-,20+;/m1./s1. The van der Waals surface area contributed by atoms with Crippen LogP contribution in [0, 0.1) is 19.8 Å². The van der Waals surface area contributed by atoms with Crippen molar-refractivity contribution in [3.63, 3.8) is 0 Å². The summed E-state index contributed by atoms with van der Waals surface area (Å²) in [6.07, 6.45) is 0. The van der Waals surface area contributed by atoms with Gasteiger partial charge in [0, 0.05) is 24.7 Å². The lowest BCUT2D eigenvalue weighted by Crippen LogP contribution is -2.32. The topological polar surface area (TPSA) is 58.4 Å². The number of nitrogens with two attached hydrogens (primary N) is 1. The van der Waals surface area contributed by atoms with Gasteiger partial charge in [-0.2, -0.15) is 0 Å². The third kappa shape index (κ3) is 4.85. The molecule has 0 bridgehead atoms. The fourth-order valence-electron chi connectivity index (χ4n) is 3.63. The van der Waals surface area contributed by atoms with Gasteiger partial charge >= 0.3 is 0 Å². The maximum Gasteiger partial charge on any atom is 0.238 e. The summed E-state index contributed by atoms with van der Waals surface area (Å²) >= 11 is 0. The largest absolute Gasteiger partial charge is 0.330 e. The first-order valence-electron chi connectivity index (χ1n) is 8.91. The summed E-state index contributed by atoms with van der Waals surface area (Å²) in [5.74, 6) is 0.838. The van der Waals surface area contributed by atoms with Gasteiger partial charge in [-0.25, -0.2) is 0 Å². The zero-order valence-corrected chi connectivity index (χ0v) is 16.3. The van der Waals surface area contributed by atoms with E-state index in [0.717, 1.165) is 18.8 Å². The highest BCUT2D eigenvalue weighted by molar-refractivity contribution is 5.92. The van der Waals surface area contributed by atoms with Crippen LogP contribution in [0.25, 0.3) is 0 Å². The van der Waals surface area contributed by atoms with Crippen molar-refractivity contribution >= 4 is 24.0 Å². The highest BCUT2D eigenvalue weighted by atomic mass is 35.5. The van der Waals surface area contributed by atoms with E-state index in [1.807, 2.05) is 24.3 Å². The first-order valence-corrected chi connectivity index (χ1v) is 8.91. The number of nitrogens with zero attached hydrogens (tertiary/aromatic N) is 1. The van der Waals surface area contributed by atoms with Gasteiger partial charge in [0.25, 0.3) is 0 Å². The summed E-state index contributed by atoms with van der Waals surface area (Å²) in [6.45, 7) is 6.94. The number of rotatable bonds is 5. The summed E-state index contributed by atoms with van der Waals surface area (Å²) in [5, 5.41) is 3.01. The third-order valence-corrected chi connectivity index (χ3v) is 5.20. The number of anilines is 1. The molecule has 2 aromatic rings. The Kier molecular flexibility index (Phi) is 7.21. The molecular formula is C21H28ClN3O. The van der Waals surface area contributed by atoms with Gasteiger partial charge in [0.15, 0.2) is 0 Å². The molecular weight excluding hydrogens is 346 g/mol. The average Bonchev–Trinajstić information content (AvgIpc) is 3.01. The van der Waals surface area contributed by atoms with Crippen molar-refractivity contribution < 1.29 is 4.79 Å². The van der Waals surface area contributed by atoms with E-state index in [1.165, 1.54) is 16.7 Å². The Hall–Kier alpha value is -1.88. The normalized spacial score (nSPS) is 19.8. The second-order valence-corrected chi connectivity index (χ2v) is 7.05. The molecule has 0 aromatic heterocycles. The first-order chi connectivity index (χ1) is 12.1. The second kappa shape index (κ2) is 9.17. The Morgan fingerprint density at radius 3 is 2.50 bits per heavy atom. The molecule has 3 rings (SSSR count). The first kappa shape index (κ1) is 20.4. The van der Waals surface area contributed by atoms with Crippen molar-refractivity contribution in [1.82, 2.24) is 4.90 Å². The lowest BCUT2D eigenvalue weighted by molar-refractivity contribution is -0.117. The van der Waals surface area contributed by atoms with Crippen LogP contribution in [0.15, 0.2) is 48.5 Å². The Labute approximate surface area is 162 Å². The zero-order valence-electron chi connectivity index (χ0n) is 15.4. The number of halogens is 1. The van der Waals surface area contributed by atoms with E-state index >= 15 is 0 Å². The lowest BCUT2D eigenvalue weighted by Gasteiger charge is -2.17. The van der Waals surface area contributed by atoms with Crippen LogP contribution in [-0.4, -0.2) is 37.0 Å². The molecule has 2 aromatic carbocycles. The number of hydrogen-bond acceptors (Lipinski definition) is 3. The van der Waals surface area contributed by atoms with Crippen LogP contribution in [0.1, 0.15) is 22.6 Å². The molecule has 1 aliphatic heterocycles. The third-order valence-electron chi connectivity index (χ3n) is 5.20. The van der Waals surface area contributed by atoms with E-state index in [1.54, 1.807) is 0 Å². The van der Waals surface area contributed by atoms with Crippen LogP contribution in [0.2, 0.25) is 0 Å². The van der Waals surface area contributed by atoms with Crippen LogP contribution >= 0.6 is 12.4 Å². The molecule has 1 amide bonds. The fourth-order valence-corrected chi connectivity index (χ4v) is 3.63. The van der Waals surface area contributed by atoms with Crippen LogP contribution in [0.3, 0.4) is 0 Å². The fraction of sp³-hybridized carbons (Fsp3) is 0.381. The predicted octanol–water partition coefficient (Wildman–Crippen LogP) is 3.34. The van der Waals surface area contributed by atoms with E-state index in [4.69, 9.17) is 5.73 Å². The van der Waals surface area contributed by atoms with Gasteiger partial charge in [-0.1, -0.05) is 36.4 Å². The molecule has 0 radical (unpaired) electrons. The van der Waals surface area contributed by atoms with Gasteiger partial charge < -0.3 is 11.1 Å². The number of aryl methyl sites for hydroxylation is 2. The average molecular weight is 374 g/mol. The van der Waals surface area contributed by atoms with Crippen molar-refractivity contribution in [3.05, 3.63) is 65.2 Å². The molecule has 2 atom stereocenters. The maximum atomic E-state index is 12.4. The molecule has 0 aliphatic carbocycles. The highest BCUT2D eigenvalue weighted by Crippen LogP contribution is 2.31. The van der Waals surface area contributed by atoms with E-state index in [-0.39, 0.29) is 18.3 Å². The number of hydrogen-bond donors (Lipinski definition) is 2. The SMILES string of the molecule is Cc1ccc(NC(=O)CN2C[C@@H](CN)[C@H](c3ccccc3)C2)cc1C.Cl. The molecule has 5 heteroatoms. The molecule has 0 spiro atoms. The van der Waals surface area contributed by atoms with Gasteiger partial charge in [-0.15, -0.1) is 12.4 Å². The van der Waals surface area contributed by atoms with E-state index in [0.29, 0.717) is 24.9 Å². The van der Waals surface area contributed by atoms with Crippen molar-refractivity contribution in [2.45, 2.75) is 19.8 Å². The summed E-state index contributed by atoms with van der Waals surface area (Å²) in [6, 6.07) is 16.5. The van der Waals surface area contributed by atoms with Gasteiger partial charge in [0.1, 0.15) is 0 Å². The molecule has 0 unspecified atom stereocenters. The van der Waals surface area contributed by atoms with E-state index in [2.05, 4.69) is 48.3 Å². The minimum Gasteiger partial charge on any atom is -0.330 e. The summed E-state index contributed by atoms with van der Waals surface area (Å²) in [5.41, 5.74) is 10.6. The molecule has 4 nitrogen and oxygen atoms in total. The lowest BCUT2D eigenvalue weighted by atomic mass is 9.89. The minimum atomic E-state index is 0. The predicted molar refractivity (Wildman–Crippen MR) is 110 cm³/mol. The van der Waals surface area contributed by atoms with Crippen molar-refractivity contribution in [2.24, 2.45) is 11.7 Å². The van der Waals surface area contributed by atoms with E-state index in [9.17, 15) is 4.79 Å². The summed E-state index contributed by atoms with van der Waals surface area (Å²) in [4.78, 5) is 14.6. The molecule has 3 N–H and O–H groups in total. The monoisotopic (exact) mass is 373 g/mol.